The molecule has 0 heterocycles. The van der Waals surface area contributed by atoms with Crippen molar-refractivity contribution in [2.45, 2.75) is 0 Å². The van der Waals surface area contributed by atoms with Gasteiger partial charge in [-0.2, -0.15) is 0 Å². The fourth-order valence-electron chi connectivity index (χ4n) is 0.109. The van der Waals surface area contributed by atoms with Crippen molar-refractivity contribution < 1.29 is 43.5 Å². The molecule has 0 aromatic rings. The fourth-order valence-corrected chi connectivity index (χ4v) is 0.109. The van der Waals surface area contributed by atoms with Gasteiger partial charge in [0.15, 0.2) is 0 Å². The van der Waals surface area contributed by atoms with Crippen LogP contribution < -0.4 is 18.9 Å². The maximum absolute atomic E-state index is 7.74. The van der Waals surface area contributed by atoms with E-state index in [9.17, 15) is 0 Å². The molecule has 0 saturated carbocycles. The van der Waals surface area contributed by atoms with Crippen molar-refractivity contribution in [2.75, 3.05) is 0 Å². The summed E-state index contributed by atoms with van der Waals surface area (Å²) < 4.78 is 3.47. The zero-order valence-corrected chi connectivity index (χ0v) is 4.35. The molecule has 0 radical (unpaired) electrons. The smallest absolute Gasteiger partial charge is 0.402 e. The Labute approximate surface area is 58.8 Å². The van der Waals surface area contributed by atoms with Crippen LogP contribution in [0.15, 0.2) is 0 Å². The van der Waals surface area contributed by atoms with Crippen molar-refractivity contribution in [1.82, 2.24) is 0 Å². The summed E-state index contributed by atoms with van der Waals surface area (Å²) in [4.78, 5) is 0. The third-order valence-electron chi connectivity index (χ3n) is 0.243. The van der Waals surface area contributed by atoms with Gasteiger partial charge in [0.2, 0.25) is 0 Å². The van der Waals surface area contributed by atoms with E-state index in [1.54, 1.807) is 0 Å². The standard InChI is InChI=1S/B2H4O5.Li/c3-1(4)7-2(5)6;/h3-6H;/q;+1. The molecular formula is H4B2LiO5+. The predicted molar refractivity (Wildman–Crippen MR) is 21.5 cm³/mol. The van der Waals surface area contributed by atoms with Crippen LogP contribution in [0.25, 0.3) is 0 Å². The second-order valence-electron chi connectivity index (χ2n) is 0.789. The second kappa shape index (κ2) is 5.66. The first-order valence-electron chi connectivity index (χ1n) is 1.50. The molecule has 0 bridgehead atoms. The summed E-state index contributed by atoms with van der Waals surface area (Å²) >= 11 is 0. The third kappa shape index (κ3) is 9.73. The molecule has 8 heavy (non-hydrogen) atoms. The van der Waals surface area contributed by atoms with E-state index < -0.39 is 14.6 Å². The van der Waals surface area contributed by atoms with Crippen LogP contribution in [0.5, 0.6) is 0 Å². The summed E-state index contributed by atoms with van der Waals surface area (Å²) in [6, 6.07) is 0. The van der Waals surface area contributed by atoms with Crippen LogP contribution in [0.4, 0.5) is 0 Å². The molecule has 5 nitrogen and oxygen atoms in total. The van der Waals surface area contributed by atoms with E-state index in [1.165, 1.54) is 0 Å². The first-order valence-corrected chi connectivity index (χ1v) is 1.50. The molecule has 0 amide bonds. The minimum absolute atomic E-state index is 0. The Kier molecular flexibility index (Phi) is 8.02. The fraction of sp³-hybridized carbons (Fsp3) is 0. The minimum atomic E-state index is -2.13. The monoisotopic (exact) mass is 113 g/mol. The molecule has 0 aliphatic rings. The van der Waals surface area contributed by atoms with Crippen LogP contribution in [0.3, 0.4) is 0 Å². The van der Waals surface area contributed by atoms with Crippen LogP contribution in [-0.2, 0) is 4.57 Å². The minimum Gasteiger partial charge on any atom is -0.402 e. The first-order chi connectivity index (χ1) is 3.13. The van der Waals surface area contributed by atoms with Crippen LogP contribution in [0.2, 0.25) is 0 Å². The number of hydrogen-bond acceptors (Lipinski definition) is 5. The average Bonchev–Trinajstić information content (AvgIpc) is 1.27. The van der Waals surface area contributed by atoms with Crippen LogP contribution >= 0.6 is 0 Å². The zero-order chi connectivity index (χ0) is 5.86. The van der Waals surface area contributed by atoms with Crippen molar-refractivity contribution in [1.29, 1.82) is 0 Å². The average molecular weight is 113 g/mol. The molecule has 0 aliphatic heterocycles. The van der Waals surface area contributed by atoms with Gasteiger partial charge in [-0.05, 0) is 0 Å². The number of rotatable bonds is 2. The topological polar surface area (TPSA) is 90.2 Å². The molecule has 0 fully saturated rings. The number of hydrogen-bond donors (Lipinski definition) is 4. The Morgan fingerprint density at radius 3 is 1.12 bits per heavy atom. The normalized spacial score (nSPS) is 7.50. The molecule has 0 aromatic heterocycles. The van der Waals surface area contributed by atoms with Gasteiger partial charge in [-0.3, -0.25) is 0 Å². The quantitative estimate of drug-likeness (QED) is 0.267. The molecule has 0 saturated heterocycles. The molecule has 0 spiro atoms. The summed E-state index contributed by atoms with van der Waals surface area (Å²) in [5.74, 6) is 0. The summed E-state index contributed by atoms with van der Waals surface area (Å²) in [7, 11) is -4.25. The van der Waals surface area contributed by atoms with Crippen LogP contribution in [0, 0.1) is 0 Å². The van der Waals surface area contributed by atoms with E-state index in [4.69, 9.17) is 20.1 Å². The van der Waals surface area contributed by atoms with E-state index in [-0.39, 0.29) is 18.9 Å². The van der Waals surface area contributed by atoms with E-state index in [0.717, 1.165) is 0 Å². The van der Waals surface area contributed by atoms with Crippen molar-refractivity contribution in [3.63, 3.8) is 0 Å². The van der Waals surface area contributed by atoms with E-state index in [2.05, 4.69) is 4.57 Å². The molecule has 8 heteroatoms. The van der Waals surface area contributed by atoms with Gasteiger partial charge >= 0.3 is 33.5 Å². The van der Waals surface area contributed by atoms with Gasteiger partial charge in [0.1, 0.15) is 0 Å². The van der Waals surface area contributed by atoms with Gasteiger partial charge in [-0.1, -0.05) is 0 Å². The largest absolute Gasteiger partial charge is 1.00 e. The molecule has 0 unspecified atom stereocenters. The van der Waals surface area contributed by atoms with E-state index in [1.807, 2.05) is 0 Å². The zero-order valence-electron chi connectivity index (χ0n) is 4.35. The van der Waals surface area contributed by atoms with Crippen molar-refractivity contribution in [2.24, 2.45) is 0 Å². The molecule has 0 atom stereocenters. The molecule has 0 aliphatic carbocycles. The Morgan fingerprint density at radius 1 is 0.875 bits per heavy atom. The van der Waals surface area contributed by atoms with Gasteiger partial charge in [0, 0.05) is 0 Å². The molecule has 4 N–H and O–H groups in total. The maximum Gasteiger partial charge on any atom is 1.00 e. The second-order valence-corrected chi connectivity index (χ2v) is 0.789. The SMILES string of the molecule is OB(O)OB(O)O.[Li+]. The maximum atomic E-state index is 7.74. The summed E-state index contributed by atoms with van der Waals surface area (Å²) in [5, 5.41) is 30.9. The Balaban J connectivity index is 0. The van der Waals surface area contributed by atoms with Gasteiger partial charge < -0.3 is 24.7 Å². The van der Waals surface area contributed by atoms with Crippen molar-refractivity contribution in [3.8, 4) is 0 Å². The molecule has 0 aromatic carbocycles. The van der Waals surface area contributed by atoms with Crippen LogP contribution in [-0.4, -0.2) is 34.7 Å². The molecule has 40 valence electrons. The van der Waals surface area contributed by atoms with Gasteiger partial charge in [-0.25, -0.2) is 0 Å². The molecule has 0 rings (SSSR count). The Hall–Kier alpha value is 0.527. The van der Waals surface area contributed by atoms with E-state index >= 15 is 0 Å². The van der Waals surface area contributed by atoms with Crippen LogP contribution in [0.1, 0.15) is 0 Å². The summed E-state index contributed by atoms with van der Waals surface area (Å²) in [6.45, 7) is 0. The van der Waals surface area contributed by atoms with Crippen molar-refractivity contribution in [3.05, 3.63) is 0 Å². The van der Waals surface area contributed by atoms with Gasteiger partial charge in [0.05, 0.1) is 0 Å². The van der Waals surface area contributed by atoms with Crippen molar-refractivity contribution >= 4 is 14.6 Å². The molecular weight excluding hydrogens is 109 g/mol. The third-order valence-corrected chi connectivity index (χ3v) is 0.243. The van der Waals surface area contributed by atoms with Gasteiger partial charge in [-0.15, -0.1) is 0 Å². The van der Waals surface area contributed by atoms with E-state index in [0.29, 0.717) is 0 Å². The summed E-state index contributed by atoms with van der Waals surface area (Å²) in [6.07, 6.45) is 0. The van der Waals surface area contributed by atoms with Gasteiger partial charge in [0.25, 0.3) is 0 Å². The summed E-state index contributed by atoms with van der Waals surface area (Å²) in [5.41, 5.74) is 0. The Bertz CT molecular complexity index is 39.7. The first kappa shape index (κ1) is 11.3. The predicted octanol–water partition coefficient (Wildman–Crippen LogP) is -6.05. The Morgan fingerprint density at radius 2 is 1.12 bits per heavy atom.